The maximum Gasteiger partial charge on any atom is 0.151 e. The van der Waals surface area contributed by atoms with E-state index in [4.69, 9.17) is 4.74 Å². The van der Waals surface area contributed by atoms with E-state index in [1.165, 1.54) is 29.7 Å². The van der Waals surface area contributed by atoms with E-state index in [1.54, 1.807) is 7.11 Å². The number of benzene rings is 1. The number of methoxy groups -OCH3 is 1. The molecule has 2 heterocycles. The summed E-state index contributed by atoms with van der Waals surface area (Å²) in [6, 6.07) is 8.21. The largest absolute Gasteiger partial charge is 0.497 e. The second-order valence-electron chi connectivity index (χ2n) is 4.94. The van der Waals surface area contributed by atoms with E-state index in [1.807, 2.05) is 12.1 Å². The van der Waals surface area contributed by atoms with Crippen molar-refractivity contribution in [3.8, 4) is 5.75 Å². The zero-order chi connectivity index (χ0) is 13.1. The molecule has 0 fully saturated rings. The van der Waals surface area contributed by atoms with Crippen molar-refractivity contribution < 1.29 is 4.74 Å². The van der Waals surface area contributed by atoms with Crippen molar-refractivity contribution in [1.82, 2.24) is 10.2 Å². The second kappa shape index (κ2) is 5.34. The van der Waals surface area contributed by atoms with Gasteiger partial charge in [0.1, 0.15) is 5.75 Å². The third-order valence-electron chi connectivity index (χ3n) is 3.61. The van der Waals surface area contributed by atoms with Crippen LogP contribution in [0.4, 0.5) is 5.82 Å². The molecule has 3 rings (SSSR count). The van der Waals surface area contributed by atoms with E-state index in [2.05, 4.69) is 27.6 Å². The number of aromatic nitrogens is 2. The molecule has 0 spiro atoms. The first-order valence-electron chi connectivity index (χ1n) is 6.80. The van der Waals surface area contributed by atoms with Gasteiger partial charge in [0.15, 0.2) is 5.82 Å². The van der Waals surface area contributed by atoms with Crippen LogP contribution in [-0.2, 0) is 12.8 Å². The summed E-state index contributed by atoms with van der Waals surface area (Å²) < 4.78 is 5.27. The standard InChI is InChI=1S/C15H19N3O/c1-19-12-6-4-5-11(9-12)10-14-13-7-2-3-8-16-15(13)18-17-14/h4-6,9H,2-3,7-8,10H2,1H3,(H2,16,17,18). The first-order valence-corrected chi connectivity index (χ1v) is 6.80. The molecule has 1 aromatic heterocycles. The van der Waals surface area contributed by atoms with Crippen LogP contribution in [-0.4, -0.2) is 23.9 Å². The Balaban J connectivity index is 1.84. The normalized spacial score (nSPS) is 14.4. The molecule has 0 bridgehead atoms. The first kappa shape index (κ1) is 12.1. The van der Waals surface area contributed by atoms with Crippen molar-refractivity contribution in [2.75, 3.05) is 19.0 Å². The fourth-order valence-corrected chi connectivity index (χ4v) is 2.58. The van der Waals surface area contributed by atoms with E-state index < -0.39 is 0 Å². The van der Waals surface area contributed by atoms with E-state index >= 15 is 0 Å². The predicted octanol–water partition coefficient (Wildman–Crippen LogP) is 2.76. The Hall–Kier alpha value is -1.97. The Morgan fingerprint density at radius 2 is 2.26 bits per heavy atom. The van der Waals surface area contributed by atoms with E-state index in [0.29, 0.717) is 0 Å². The van der Waals surface area contributed by atoms with E-state index in [9.17, 15) is 0 Å². The molecular weight excluding hydrogens is 238 g/mol. The smallest absolute Gasteiger partial charge is 0.151 e. The highest BCUT2D eigenvalue weighted by Gasteiger charge is 2.15. The van der Waals surface area contributed by atoms with Gasteiger partial charge in [0.2, 0.25) is 0 Å². The predicted molar refractivity (Wildman–Crippen MR) is 75.8 cm³/mol. The number of anilines is 1. The molecule has 2 N–H and O–H groups in total. The third-order valence-corrected chi connectivity index (χ3v) is 3.61. The lowest BCUT2D eigenvalue weighted by Crippen LogP contribution is -1.99. The van der Waals surface area contributed by atoms with Crippen LogP contribution in [0.3, 0.4) is 0 Å². The van der Waals surface area contributed by atoms with Crippen LogP contribution in [0.25, 0.3) is 0 Å². The average Bonchev–Trinajstić information content (AvgIpc) is 2.68. The van der Waals surface area contributed by atoms with Crippen LogP contribution in [0.15, 0.2) is 24.3 Å². The van der Waals surface area contributed by atoms with Gasteiger partial charge in [0, 0.05) is 24.2 Å². The number of nitrogens with zero attached hydrogens (tertiary/aromatic N) is 1. The molecule has 1 aliphatic heterocycles. The molecular formula is C15H19N3O. The van der Waals surface area contributed by atoms with Crippen molar-refractivity contribution in [1.29, 1.82) is 0 Å². The number of rotatable bonds is 3. The molecule has 100 valence electrons. The lowest BCUT2D eigenvalue weighted by molar-refractivity contribution is 0.414. The van der Waals surface area contributed by atoms with Crippen molar-refractivity contribution in [2.24, 2.45) is 0 Å². The summed E-state index contributed by atoms with van der Waals surface area (Å²) in [5.41, 5.74) is 3.81. The highest BCUT2D eigenvalue weighted by Crippen LogP contribution is 2.25. The topological polar surface area (TPSA) is 49.9 Å². The molecule has 0 amide bonds. The molecule has 0 unspecified atom stereocenters. The van der Waals surface area contributed by atoms with Gasteiger partial charge in [0.25, 0.3) is 0 Å². The van der Waals surface area contributed by atoms with Crippen molar-refractivity contribution in [3.05, 3.63) is 41.1 Å². The molecule has 1 aromatic carbocycles. The van der Waals surface area contributed by atoms with E-state index in [0.717, 1.165) is 31.0 Å². The minimum atomic E-state index is 0.876. The molecule has 0 atom stereocenters. The van der Waals surface area contributed by atoms with Crippen molar-refractivity contribution in [3.63, 3.8) is 0 Å². The minimum absolute atomic E-state index is 0.876. The van der Waals surface area contributed by atoms with Gasteiger partial charge in [-0.1, -0.05) is 12.1 Å². The van der Waals surface area contributed by atoms with Crippen LogP contribution in [0, 0.1) is 0 Å². The lowest BCUT2D eigenvalue weighted by atomic mass is 10.0. The van der Waals surface area contributed by atoms with Gasteiger partial charge in [-0.05, 0) is 37.0 Å². The number of H-pyrrole nitrogens is 1. The Morgan fingerprint density at radius 3 is 3.16 bits per heavy atom. The maximum absolute atomic E-state index is 5.27. The fourth-order valence-electron chi connectivity index (χ4n) is 2.58. The zero-order valence-electron chi connectivity index (χ0n) is 11.2. The van der Waals surface area contributed by atoms with Gasteiger partial charge in [-0.15, -0.1) is 0 Å². The van der Waals surface area contributed by atoms with Crippen LogP contribution in [0.1, 0.15) is 29.7 Å². The summed E-state index contributed by atoms with van der Waals surface area (Å²) in [7, 11) is 1.70. The Bertz CT molecular complexity index is 562. The van der Waals surface area contributed by atoms with Crippen LogP contribution < -0.4 is 10.1 Å². The minimum Gasteiger partial charge on any atom is -0.497 e. The summed E-state index contributed by atoms with van der Waals surface area (Å²) >= 11 is 0. The summed E-state index contributed by atoms with van der Waals surface area (Å²) in [5, 5.41) is 11.0. The van der Waals surface area contributed by atoms with Gasteiger partial charge in [-0.3, -0.25) is 5.10 Å². The summed E-state index contributed by atoms with van der Waals surface area (Å²) in [5.74, 6) is 1.94. The molecule has 0 aliphatic carbocycles. The maximum atomic E-state index is 5.27. The average molecular weight is 257 g/mol. The highest BCUT2D eigenvalue weighted by atomic mass is 16.5. The van der Waals surface area contributed by atoms with Crippen LogP contribution in [0.5, 0.6) is 5.75 Å². The molecule has 0 saturated carbocycles. The Morgan fingerprint density at radius 1 is 1.32 bits per heavy atom. The summed E-state index contributed by atoms with van der Waals surface area (Å²) in [6.45, 7) is 1.02. The number of nitrogens with one attached hydrogen (secondary N) is 2. The molecule has 1 aliphatic rings. The molecule has 2 aromatic rings. The molecule has 4 nitrogen and oxygen atoms in total. The number of hydrogen-bond donors (Lipinski definition) is 2. The third kappa shape index (κ3) is 2.57. The van der Waals surface area contributed by atoms with Gasteiger partial charge < -0.3 is 10.1 Å². The van der Waals surface area contributed by atoms with Gasteiger partial charge in [-0.25, -0.2) is 0 Å². The highest BCUT2D eigenvalue weighted by molar-refractivity contribution is 5.48. The summed E-state index contributed by atoms with van der Waals surface area (Å²) in [4.78, 5) is 0. The molecule has 19 heavy (non-hydrogen) atoms. The molecule has 4 heteroatoms. The van der Waals surface area contributed by atoms with Crippen molar-refractivity contribution in [2.45, 2.75) is 25.7 Å². The van der Waals surface area contributed by atoms with Crippen LogP contribution in [0.2, 0.25) is 0 Å². The first-order chi connectivity index (χ1) is 9.36. The van der Waals surface area contributed by atoms with E-state index in [-0.39, 0.29) is 0 Å². The second-order valence-corrected chi connectivity index (χ2v) is 4.94. The van der Waals surface area contributed by atoms with Gasteiger partial charge in [0.05, 0.1) is 7.11 Å². The Labute approximate surface area is 113 Å². The lowest BCUT2D eigenvalue weighted by Gasteiger charge is -2.05. The molecule has 0 saturated heterocycles. The Kier molecular flexibility index (Phi) is 3.40. The zero-order valence-corrected chi connectivity index (χ0v) is 11.2. The quantitative estimate of drug-likeness (QED) is 0.889. The SMILES string of the molecule is COc1cccc(Cc2[nH]nc3c2CCCCN3)c1. The molecule has 0 radical (unpaired) electrons. The van der Waals surface area contributed by atoms with Crippen molar-refractivity contribution >= 4 is 5.82 Å². The fraction of sp³-hybridized carbons (Fsp3) is 0.400. The number of ether oxygens (including phenoxy) is 1. The number of aromatic amines is 1. The van der Waals surface area contributed by atoms with Gasteiger partial charge >= 0.3 is 0 Å². The monoisotopic (exact) mass is 257 g/mol. The van der Waals surface area contributed by atoms with Crippen LogP contribution >= 0.6 is 0 Å². The number of hydrogen-bond acceptors (Lipinski definition) is 3. The number of fused-ring (bicyclic) bond motifs is 1. The summed E-state index contributed by atoms with van der Waals surface area (Å²) in [6.07, 6.45) is 4.43. The van der Waals surface area contributed by atoms with Gasteiger partial charge in [-0.2, -0.15) is 5.10 Å².